The summed E-state index contributed by atoms with van der Waals surface area (Å²) in [6.45, 7) is 15.3. The van der Waals surface area contributed by atoms with Gasteiger partial charge in [-0.25, -0.2) is 0 Å². The van der Waals surface area contributed by atoms with E-state index in [0.717, 1.165) is 28.8 Å². The molecule has 1 aromatic rings. The van der Waals surface area contributed by atoms with Crippen LogP contribution in [0.2, 0.25) is 0 Å². The molecule has 2 atom stereocenters. The zero-order valence-electron chi connectivity index (χ0n) is 14.6. The highest BCUT2D eigenvalue weighted by Crippen LogP contribution is 2.41. The van der Waals surface area contributed by atoms with Gasteiger partial charge in [0.2, 0.25) is 5.69 Å². The number of hydrogen-bond donors (Lipinski definition) is 1. The second-order valence-electron chi connectivity index (χ2n) is 6.20. The largest absolute Gasteiger partial charge is 0.385 e. The maximum atomic E-state index is 7.71. The molecule has 3 heteroatoms. The topological polar surface area (TPSA) is 37.0 Å². The van der Waals surface area contributed by atoms with Crippen LogP contribution in [0.25, 0.3) is 11.6 Å². The SMILES string of the molecule is C=Cc1cc[n+]2c(c1C)C(=C)/C(=C(\C)C=N)C(CCOC)C2C. The van der Waals surface area contributed by atoms with E-state index in [0.29, 0.717) is 18.6 Å². The fraction of sp³-hybridized carbons (Fsp3) is 0.400. The lowest BCUT2D eigenvalue weighted by molar-refractivity contribution is -0.730. The predicted octanol–water partition coefficient (Wildman–Crippen LogP) is 4.13. The third kappa shape index (κ3) is 2.93. The van der Waals surface area contributed by atoms with E-state index < -0.39 is 0 Å². The van der Waals surface area contributed by atoms with Gasteiger partial charge in [-0.2, -0.15) is 4.57 Å². The van der Waals surface area contributed by atoms with Crippen molar-refractivity contribution < 1.29 is 9.30 Å². The highest BCUT2D eigenvalue weighted by atomic mass is 16.5. The van der Waals surface area contributed by atoms with Crippen molar-refractivity contribution in [3.05, 3.63) is 53.4 Å². The Hall–Kier alpha value is -2.00. The molecule has 0 fully saturated rings. The molecule has 23 heavy (non-hydrogen) atoms. The molecule has 0 radical (unpaired) electrons. The zero-order chi connectivity index (χ0) is 17.1. The van der Waals surface area contributed by atoms with Gasteiger partial charge in [-0.05, 0) is 43.9 Å². The third-order valence-corrected chi connectivity index (χ3v) is 4.96. The summed E-state index contributed by atoms with van der Waals surface area (Å²) in [5.41, 5.74) is 6.67. The van der Waals surface area contributed by atoms with Crippen molar-refractivity contribution in [2.45, 2.75) is 33.2 Å². The second-order valence-corrected chi connectivity index (χ2v) is 6.20. The van der Waals surface area contributed by atoms with Crippen molar-refractivity contribution in [2.24, 2.45) is 5.92 Å². The summed E-state index contributed by atoms with van der Waals surface area (Å²) in [5, 5.41) is 7.71. The number of nitrogens with zero attached hydrogens (tertiary/aromatic N) is 1. The first-order chi connectivity index (χ1) is 11.0. The van der Waals surface area contributed by atoms with Gasteiger partial charge < -0.3 is 10.1 Å². The molecular formula is C20H27N2O+. The summed E-state index contributed by atoms with van der Waals surface area (Å²) in [4.78, 5) is 0. The van der Waals surface area contributed by atoms with Crippen molar-refractivity contribution in [1.82, 2.24) is 0 Å². The first-order valence-corrected chi connectivity index (χ1v) is 8.04. The lowest BCUT2D eigenvalue weighted by Gasteiger charge is -2.32. The predicted molar refractivity (Wildman–Crippen MR) is 96.7 cm³/mol. The van der Waals surface area contributed by atoms with Gasteiger partial charge in [-0.3, -0.25) is 0 Å². The number of rotatable bonds is 5. The maximum Gasteiger partial charge on any atom is 0.215 e. The molecule has 2 unspecified atom stereocenters. The van der Waals surface area contributed by atoms with Crippen LogP contribution in [0, 0.1) is 18.3 Å². The first-order valence-electron chi connectivity index (χ1n) is 8.04. The van der Waals surface area contributed by atoms with Gasteiger partial charge in [-0.15, -0.1) is 0 Å². The molecule has 1 aromatic heterocycles. The molecule has 1 N–H and O–H groups in total. The summed E-state index contributed by atoms with van der Waals surface area (Å²) in [7, 11) is 1.73. The van der Waals surface area contributed by atoms with E-state index in [1.165, 1.54) is 17.4 Å². The molecule has 0 aromatic carbocycles. The van der Waals surface area contributed by atoms with Crippen molar-refractivity contribution in [3.63, 3.8) is 0 Å². The highest BCUT2D eigenvalue weighted by molar-refractivity contribution is 5.88. The molecule has 0 saturated carbocycles. The Bertz CT molecular complexity index is 685. The Labute approximate surface area is 139 Å². The maximum absolute atomic E-state index is 7.71. The number of pyridine rings is 1. The normalized spacial score (nSPS) is 22.5. The summed E-state index contributed by atoms with van der Waals surface area (Å²) in [6.07, 6.45) is 6.38. The Morgan fingerprint density at radius 1 is 1.48 bits per heavy atom. The number of hydrogen-bond acceptors (Lipinski definition) is 2. The summed E-state index contributed by atoms with van der Waals surface area (Å²) >= 11 is 0. The average Bonchev–Trinajstić information content (AvgIpc) is 2.55. The molecule has 0 bridgehead atoms. The molecule has 0 saturated heterocycles. The average molecular weight is 311 g/mol. The molecule has 2 rings (SSSR count). The smallest absolute Gasteiger partial charge is 0.215 e. The number of allylic oxidation sites excluding steroid dienone is 3. The number of fused-ring (bicyclic) bond motifs is 1. The monoisotopic (exact) mass is 311 g/mol. The Morgan fingerprint density at radius 3 is 2.74 bits per heavy atom. The molecule has 1 aliphatic heterocycles. The zero-order valence-corrected chi connectivity index (χ0v) is 14.6. The fourth-order valence-corrected chi connectivity index (χ4v) is 3.66. The van der Waals surface area contributed by atoms with Crippen molar-refractivity contribution in [3.8, 4) is 0 Å². The Balaban J connectivity index is 2.69. The molecule has 2 heterocycles. The van der Waals surface area contributed by atoms with Gasteiger partial charge in [0.25, 0.3) is 0 Å². The Morgan fingerprint density at radius 2 is 2.17 bits per heavy atom. The molecule has 1 aliphatic rings. The molecule has 0 amide bonds. The van der Waals surface area contributed by atoms with Crippen LogP contribution in [-0.2, 0) is 4.74 Å². The summed E-state index contributed by atoms with van der Waals surface area (Å²) < 4.78 is 7.62. The van der Waals surface area contributed by atoms with E-state index in [1.807, 2.05) is 13.0 Å². The first kappa shape index (κ1) is 17.4. The number of aromatic nitrogens is 1. The van der Waals surface area contributed by atoms with Crippen LogP contribution < -0.4 is 4.57 Å². The number of nitrogens with one attached hydrogen (secondary N) is 1. The number of ether oxygens (including phenoxy) is 1. The standard InChI is InChI=1S/C20H27N2O/c1-7-17-8-10-22-16(5)18(9-11-23-6)19(13(2)12-21)15(4)20(22)14(17)3/h7-8,10,12,16,18,21H,1,4,9,11H2,2-3,5-6H3/q+1/b19-13-,21-12?. The number of methoxy groups -OCH3 is 1. The lowest BCUT2D eigenvalue weighted by Crippen LogP contribution is -2.50. The summed E-state index contributed by atoms with van der Waals surface area (Å²) in [6, 6.07) is 2.41. The van der Waals surface area contributed by atoms with Crippen molar-refractivity contribution in [2.75, 3.05) is 13.7 Å². The Kier molecular flexibility index (Phi) is 5.32. The van der Waals surface area contributed by atoms with E-state index in [2.05, 4.69) is 43.8 Å². The van der Waals surface area contributed by atoms with Gasteiger partial charge in [0, 0.05) is 43.1 Å². The minimum absolute atomic E-state index is 0.299. The quantitative estimate of drug-likeness (QED) is 0.644. The van der Waals surface area contributed by atoms with Crippen LogP contribution in [0.15, 0.2) is 36.6 Å². The van der Waals surface area contributed by atoms with Crippen LogP contribution in [0.4, 0.5) is 0 Å². The van der Waals surface area contributed by atoms with E-state index in [4.69, 9.17) is 10.1 Å². The van der Waals surface area contributed by atoms with Gasteiger partial charge >= 0.3 is 0 Å². The van der Waals surface area contributed by atoms with E-state index in [-0.39, 0.29) is 0 Å². The van der Waals surface area contributed by atoms with E-state index in [9.17, 15) is 0 Å². The molecule has 0 spiro atoms. The van der Waals surface area contributed by atoms with Gasteiger partial charge in [-0.1, -0.05) is 19.2 Å². The summed E-state index contributed by atoms with van der Waals surface area (Å²) in [5.74, 6) is 0.301. The fourth-order valence-electron chi connectivity index (χ4n) is 3.66. The minimum Gasteiger partial charge on any atom is -0.385 e. The second kappa shape index (κ2) is 7.05. The van der Waals surface area contributed by atoms with Gasteiger partial charge in [0.15, 0.2) is 12.2 Å². The lowest BCUT2D eigenvalue weighted by atomic mass is 9.77. The third-order valence-electron chi connectivity index (χ3n) is 4.96. The van der Waals surface area contributed by atoms with Crippen LogP contribution in [0.3, 0.4) is 0 Å². The van der Waals surface area contributed by atoms with Crippen molar-refractivity contribution in [1.29, 1.82) is 5.41 Å². The van der Waals surface area contributed by atoms with Crippen LogP contribution in [-0.4, -0.2) is 19.9 Å². The van der Waals surface area contributed by atoms with E-state index in [1.54, 1.807) is 7.11 Å². The van der Waals surface area contributed by atoms with Crippen molar-refractivity contribution >= 4 is 17.9 Å². The van der Waals surface area contributed by atoms with E-state index >= 15 is 0 Å². The molecule has 3 nitrogen and oxygen atoms in total. The molecule has 122 valence electrons. The molecular weight excluding hydrogens is 284 g/mol. The van der Waals surface area contributed by atoms with Gasteiger partial charge in [0.05, 0.1) is 0 Å². The highest BCUT2D eigenvalue weighted by Gasteiger charge is 2.40. The van der Waals surface area contributed by atoms with Crippen LogP contribution in [0.5, 0.6) is 0 Å². The van der Waals surface area contributed by atoms with Crippen LogP contribution >= 0.6 is 0 Å². The van der Waals surface area contributed by atoms with Gasteiger partial charge in [0.1, 0.15) is 0 Å². The van der Waals surface area contributed by atoms with Crippen LogP contribution in [0.1, 0.15) is 43.1 Å². The molecule has 0 aliphatic carbocycles. The minimum atomic E-state index is 0.299.